The van der Waals surface area contributed by atoms with Crippen LogP contribution in [-0.4, -0.2) is 18.6 Å². The summed E-state index contributed by atoms with van der Waals surface area (Å²) in [6.07, 6.45) is 4.24. The largest absolute Gasteiger partial charge is 0.329 e. The van der Waals surface area contributed by atoms with Crippen molar-refractivity contribution in [3.05, 3.63) is 0 Å². The van der Waals surface area contributed by atoms with E-state index in [9.17, 15) is 0 Å². The van der Waals surface area contributed by atoms with Crippen molar-refractivity contribution >= 4 is 0 Å². The third-order valence-corrected chi connectivity index (χ3v) is 2.76. The van der Waals surface area contributed by atoms with E-state index in [0.717, 1.165) is 12.5 Å². The molecule has 0 heterocycles. The zero-order valence-corrected chi connectivity index (χ0v) is 7.64. The van der Waals surface area contributed by atoms with E-state index in [4.69, 9.17) is 5.73 Å². The summed E-state index contributed by atoms with van der Waals surface area (Å²) in [5.74, 6) is 0.920. The van der Waals surface area contributed by atoms with Crippen molar-refractivity contribution in [2.75, 3.05) is 6.54 Å². The van der Waals surface area contributed by atoms with Crippen molar-refractivity contribution in [3.63, 3.8) is 0 Å². The van der Waals surface area contributed by atoms with Gasteiger partial charge in [0.05, 0.1) is 0 Å². The van der Waals surface area contributed by atoms with E-state index in [-0.39, 0.29) is 0 Å². The van der Waals surface area contributed by atoms with Crippen LogP contribution in [0.4, 0.5) is 0 Å². The first kappa shape index (κ1) is 9.01. The fourth-order valence-electron chi connectivity index (χ4n) is 1.59. The second-order valence-electron chi connectivity index (χ2n) is 3.78. The molecule has 1 fully saturated rings. The first-order valence-electron chi connectivity index (χ1n) is 4.70. The molecule has 0 aliphatic heterocycles. The fourth-order valence-corrected chi connectivity index (χ4v) is 1.59. The van der Waals surface area contributed by atoms with Crippen molar-refractivity contribution in [2.45, 2.75) is 45.2 Å². The molecule has 2 nitrogen and oxygen atoms in total. The van der Waals surface area contributed by atoms with Crippen LogP contribution >= 0.6 is 0 Å². The van der Waals surface area contributed by atoms with Crippen molar-refractivity contribution in [1.82, 2.24) is 5.32 Å². The van der Waals surface area contributed by atoms with Crippen LogP contribution in [0.1, 0.15) is 33.1 Å². The highest BCUT2D eigenvalue weighted by Crippen LogP contribution is 2.29. The molecule has 1 saturated carbocycles. The van der Waals surface area contributed by atoms with E-state index >= 15 is 0 Å². The summed E-state index contributed by atoms with van der Waals surface area (Å²) in [6.45, 7) is 5.17. The summed E-state index contributed by atoms with van der Waals surface area (Å²) in [7, 11) is 0. The van der Waals surface area contributed by atoms with E-state index < -0.39 is 0 Å². The topological polar surface area (TPSA) is 38.0 Å². The van der Waals surface area contributed by atoms with Gasteiger partial charge in [0.25, 0.3) is 0 Å². The first-order valence-corrected chi connectivity index (χ1v) is 4.70. The molecule has 0 aromatic heterocycles. The maximum atomic E-state index is 5.52. The van der Waals surface area contributed by atoms with Crippen LogP contribution in [-0.2, 0) is 0 Å². The van der Waals surface area contributed by atoms with Crippen LogP contribution in [0.3, 0.4) is 0 Å². The Bertz CT molecular complexity index is 110. The molecule has 66 valence electrons. The van der Waals surface area contributed by atoms with Gasteiger partial charge in [-0.2, -0.15) is 0 Å². The van der Waals surface area contributed by atoms with Crippen LogP contribution < -0.4 is 11.1 Å². The van der Waals surface area contributed by atoms with Gasteiger partial charge in [-0.3, -0.25) is 0 Å². The van der Waals surface area contributed by atoms with Crippen LogP contribution in [0.15, 0.2) is 0 Å². The molecule has 2 heteroatoms. The lowest BCUT2D eigenvalue weighted by molar-refractivity contribution is 0.230. The van der Waals surface area contributed by atoms with Gasteiger partial charge in [0.1, 0.15) is 0 Å². The molecule has 1 aliphatic rings. The highest BCUT2D eigenvalue weighted by molar-refractivity contribution is 4.81. The average Bonchev–Trinajstić information content (AvgIpc) is 1.83. The summed E-state index contributed by atoms with van der Waals surface area (Å²) >= 11 is 0. The Morgan fingerprint density at radius 3 is 2.45 bits per heavy atom. The zero-order valence-electron chi connectivity index (χ0n) is 7.64. The Morgan fingerprint density at radius 2 is 2.09 bits per heavy atom. The van der Waals surface area contributed by atoms with Gasteiger partial charge in [-0.25, -0.2) is 0 Å². The fraction of sp³-hybridized carbons (Fsp3) is 1.00. The lowest BCUT2D eigenvalue weighted by atomic mass is 9.80. The molecule has 1 aliphatic carbocycles. The second kappa shape index (κ2) is 4.07. The molecular weight excluding hydrogens is 136 g/mol. The highest BCUT2D eigenvalue weighted by atomic mass is 15.0. The summed E-state index contributed by atoms with van der Waals surface area (Å²) in [4.78, 5) is 0. The van der Waals surface area contributed by atoms with Gasteiger partial charge >= 0.3 is 0 Å². The normalized spacial score (nSPS) is 24.3. The Balaban J connectivity index is 2.13. The van der Waals surface area contributed by atoms with Crippen molar-refractivity contribution < 1.29 is 0 Å². The molecule has 0 amide bonds. The number of rotatable bonds is 4. The summed E-state index contributed by atoms with van der Waals surface area (Å²) < 4.78 is 0. The molecule has 2 unspecified atom stereocenters. The molecule has 0 aromatic rings. The van der Waals surface area contributed by atoms with Gasteiger partial charge in [0.15, 0.2) is 0 Å². The van der Waals surface area contributed by atoms with Crippen LogP contribution in [0.5, 0.6) is 0 Å². The lowest BCUT2D eigenvalue weighted by Crippen LogP contribution is -2.44. The Labute approximate surface area is 69.5 Å². The van der Waals surface area contributed by atoms with E-state index in [1.165, 1.54) is 19.3 Å². The third kappa shape index (κ3) is 2.46. The Hall–Kier alpha value is -0.0800. The molecule has 2 atom stereocenters. The molecule has 3 N–H and O–H groups in total. The number of nitrogens with one attached hydrogen (secondary N) is 1. The zero-order chi connectivity index (χ0) is 8.27. The molecular formula is C9H20N2. The molecule has 0 spiro atoms. The van der Waals surface area contributed by atoms with Gasteiger partial charge in [-0.15, -0.1) is 0 Å². The van der Waals surface area contributed by atoms with Gasteiger partial charge in [-0.1, -0.05) is 6.42 Å². The Morgan fingerprint density at radius 1 is 1.45 bits per heavy atom. The molecule has 0 radical (unpaired) electrons. The smallest absolute Gasteiger partial charge is 0.0164 e. The molecule has 11 heavy (non-hydrogen) atoms. The van der Waals surface area contributed by atoms with E-state index in [1.807, 2.05) is 0 Å². The summed E-state index contributed by atoms with van der Waals surface area (Å²) in [6, 6.07) is 1.15. The SMILES string of the molecule is CC(CN)NC(C)C1CCC1. The van der Waals surface area contributed by atoms with Gasteiger partial charge in [0, 0.05) is 18.6 Å². The monoisotopic (exact) mass is 156 g/mol. The lowest BCUT2D eigenvalue weighted by Gasteiger charge is -2.33. The highest BCUT2D eigenvalue weighted by Gasteiger charge is 2.24. The summed E-state index contributed by atoms with van der Waals surface area (Å²) in [5.41, 5.74) is 5.52. The van der Waals surface area contributed by atoms with Crippen LogP contribution in [0.2, 0.25) is 0 Å². The third-order valence-electron chi connectivity index (χ3n) is 2.76. The van der Waals surface area contributed by atoms with Crippen molar-refractivity contribution in [2.24, 2.45) is 11.7 Å². The van der Waals surface area contributed by atoms with Crippen molar-refractivity contribution in [3.8, 4) is 0 Å². The molecule has 1 rings (SSSR count). The minimum Gasteiger partial charge on any atom is -0.329 e. The molecule has 0 aromatic carbocycles. The van der Waals surface area contributed by atoms with E-state index in [0.29, 0.717) is 12.1 Å². The predicted molar refractivity (Wildman–Crippen MR) is 48.5 cm³/mol. The maximum Gasteiger partial charge on any atom is 0.0164 e. The minimum absolute atomic E-state index is 0.477. The molecule has 0 saturated heterocycles. The summed E-state index contributed by atoms with van der Waals surface area (Å²) in [5, 5.41) is 3.51. The average molecular weight is 156 g/mol. The Kier molecular flexibility index (Phi) is 3.34. The number of hydrogen-bond donors (Lipinski definition) is 2. The van der Waals surface area contributed by atoms with Gasteiger partial charge in [-0.05, 0) is 32.6 Å². The minimum atomic E-state index is 0.477. The van der Waals surface area contributed by atoms with E-state index in [2.05, 4.69) is 19.2 Å². The van der Waals surface area contributed by atoms with Crippen molar-refractivity contribution in [1.29, 1.82) is 0 Å². The van der Waals surface area contributed by atoms with Gasteiger partial charge in [0.2, 0.25) is 0 Å². The van der Waals surface area contributed by atoms with Crippen LogP contribution in [0.25, 0.3) is 0 Å². The predicted octanol–water partition coefficient (Wildman–Crippen LogP) is 1.11. The first-order chi connectivity index (χ1) is 5.24. The maximum absolute atomic E-state index is 5.52. The second-order valence-corrected chi connectivity index (χ2v) is 3.78. The van der Waals surface area contributed by atoms with Gasteiger partial charge < -0.3 is 11.1 Å². The number of nitrogens with two attached hydrogens (primary N) is 1. The van der Waals surface area contributed by atoms with E-state index in [1.54, 1.807) is 0 Å². The quantitative estimate of drug-likeness (QED) is 0.640. The standard InChI is InChI=1S/C9H20N2/c1-7(6-10)11-8(2)9-4-3-5-9/h7-9,11H,3-6,10H2,1-2H3. The number of hydrogen-bond acceptors (Lipinski definition) is 2. The van der Waals surface area contributed by atoms with Crippen LogP contribution in [0, 0.1) is 5.92 Å². The molecule has 0 bridgehead atoms.